The topological polar surface area (TPSA) is 55.4 Å². The SMILES string of the molecule is COc1ccc(Br)cc1NS(=O)(=O)c1c(F)cccc1F. The van der Waals surface area contributed by atoms with E-state index in [1.54, 1.807) is 6.07 Å². The molecule has 4 nitrogen and oxygen atoms in total. The maximum absolute atomic E-state index is 13.6. The number of anilines is 1. The zero-order valence-corrected chi connectivity index (χ0v) is 13.1. The van der Waals surface area contributed by atoms with Crippen molar-refractivity contribution in [2.24, 2.45) is 0 Å². The molecule has 0 saturated carbocycles. The third kappa shape index (κ3) is 3.33. The standard InChI is InChI=1S/C13H10BrF2NO3S/c1-20-12-6-5-8(14)7-11(12)17-21(18,19)13-9(15)3-2-4-10(13)16/h2-7,17H,1H3. The molecule has 0 atom stereocenters. The molecule has 8 heteroatoms. The van der Waals surface area contributed by atoms with Crippen molar-refractivity contribution in [1.29, 1.82) is 0 Å². The molecule has 0 aromatic heterocycles. The van der Waals surface area contributed by atoms with Crippen molar-refractivity contribution in [2.45, 2.75) is 4.90 Å². The first kappa shape index (κ1) is 15.7. The third-order valence-electron chi connectivity index (χ3n) is 2.59. The molecule has 0 unspecified atom stereocenters. The normalized spacial score (nSPS) is 11.2. The zero-order chi connectivity index (χ0) is 15.6. The predicted octanol–water partition coefficient (Wildman–Crippen LogP) is 3.54. The van der Waals surface area contributed by atoms with E-state index in [0.717, 1.165) is 18.2 Å². The van der Waals surface area contributed by atoms with E-state index in [4.69, 9.17) is 4.74 Å². The minimum Gasteiger partial charge on any atom is -0.495 e. The van der Waals surface area contributed by atoms with E-state index < -0.39 is 26.6 Å². The van der Waals surface area contributed by atoms with Crippen LogP contribution in [0.15, 0.2) is 45.8 Å². The van der Waals surface area contributed by atoms with Crippen LogP contribution < -0.4 is 9.46 Å². The molecule has 0 spiro atoms. The Morgan fingerprint density at radius 2 is 1.76 bits per heavy atom. The summed E-state index contributed by atoms with van der Waals surface area (Å²) in [5, 5.41) is 0. The number of sulfonamides is 1. The van der Waals surface area contributed by atoms with Crippen molar-refractivity contribution in [3.05, 3.63) is 52.5 Å². The Labute approximate surface area is 128 Å². The monoisotopic (exact) mass is 377 g/mol. The van der Waals surface area contributed by atoms with Gasteiger partial charge in [-0.3, -0.25) is 4.72 Å². The van der Waals surface area contributed by atoms with Gasteiger partial charge in [-0.1, -0.05) is 22.0 Å². The molecule has 0 aliphatic carbocycles. The molecule has 0 fully saturated rings. The molecule has 2 aromatic carbocycles. The van der Waals surface area contributed by atoms with Crippen molar-refractivity contribution in [1.82, 2.24) is 0 Å². The second kappa shape index (κ2) is 5.98. The van der Waals surface area contributed by atoms with Crippen molar-refractivity contribution in [2.75, 3.05) is 11.8 Å². The molecule has 0 aliphatic heterocycles. The first-order chi connectivity index (χ1) is 9.85. The van der Waals surface area contributed by atoms with Gasteiger partial charge in [0.2, 0.25) is 0 Å². The summed E-state index contributed by atoms with van der Waals surface area (Å²) in [5.41, 5.74) is 0.0644. The van der Waals surface area contributed by atoms with Crippen molar-refractivity contribution in [3.63, 3.8) is 0 Å². The molecule has 0 saturated heterocycles. The van der Waals surface area contributed by atoms with Crippen molar-refractivity contribution < 1.29 is 21.9 Å². The summed E-state index contributed by atoms with van der Waals surface area (Å²) in [6.45, 7) is 0. The summed E-state index contributed by atoms with van der Waals surface area (Å²) < 4.78 is 59.2. The molecular formula is C13H10BrF2NO3S. The molecule has 0 bridgehead atoms. The minimum absolute atomic E-state index is 0.0644. The number of rotatable bonds is 4. The van der Waals surface area contributed by atoms with Gasteiger partial charge in [0.1, 0.15) is 17.4 Å². The number of nitrogens with one attached hydrogen (secondary N) is 1. The Balaban J connectivity index is 2.50. The summed E-state index contributed by atoms with van der Waals surface area (Å²) >= 11 is 3.18. The Hall–Kier alpha value is -1.67. The molecule has 2 rings (SSSR count). The molecule has 0 radical (unpaired) electrons. The maximum Gasteiger partial charge on any atom is 0.267 e. The van der Waals surface area contributed by atoms with Gasteiger partial charge in [-0.2, -0.15) is 0 Å². The highest BCUT2D eigenvalue weighted by Gasteiger charge is 2.25. The fourth-order valence-corrected chi connectivity index (χ4v) is 3.26. The van der Waals surface area contributed by atoms with Crippen molar-refractivity contribution >= 4 is 31.6 Å². The van der Waals surface area contributed by atoms with Crippen LogP contribution in [0.3, 0.4) is 0 Å². The van der Waals surface area contributed by atoms with Crippen LogP contribution in [0.4, 0.5) is 14.5 Å². The number of hydrogen-bond acceptors (Lipinski definition) is 3. The number of methoxy groups -OCH3 is 1. The van der Waals surface area contributed by atoms with E-state index in [1.165, 1.54) is 19.2 Å². The lowest BCUT2D eigenvalue weighted by atomic mass is 10.3. The lowest BCUT2D eigenvalue weighted by Gasteiger charge is -2.13. The summed E-state index contributed by atoms with van der Waals surface area (Å²) in [6, 6.07) is 7.41. The van der Waals surface area contributed by atoms with Crippen molar-refractivity contribution in [3.8, 4) is 5.75 Å². The van der Waals surface area contributed by atoms with Gasteiger partial charge in [0.15, 0.2) is 4.90 Å². The summed E-state index contributed by atoms with van der Waals surface area (Å²) in [7, 11) is -3.07. The highest BCUT2D eigenvalue weighted by atomic mass is 79.9. The fourth-order valence-electron chi connectivity index (χ4n) is 1.70. The van der Waals surface area contributed by atoms with Crippen LogP contribution in [0.25, 0.3) is 0 Å². The fraction of sp³-hybridized carbons (Fsp3) is 0.0769. The van der Waals surface area contributed by atoms with Gasteiger partial charge >= 0.3 is 0 Å². The molecule has 1 N–H and O–H groups in total. The van der Waals surface area contributed by atoms with Crippen LogP contribution in [-0.2, 0) is 10.0 Å². The smallest absolute Gasteiger partial charge is 0.267 e. The van der Waals surface area contributed by atoms with E-state index in [1.807, 2.05) is 0 Å². The molecule has 2 aromatic rings. The molecule has 0 amide bonds. The summed E-state index contributed by atoms with van der Waals surface area (Å²) in [4.78, 5) is -1.04. The third-order valence-corrected chi connectivity index (χ3v) is 4.50. The van der Waals surface area contributed by atoms with E-state index in [9.17, 15) is 17.2 Å². The van der Waals surface area contributed by atoms with Crippen LogP contribution in [-0.4, -0.2) is 15.5 Å². The lowest BCUT2D eigenvalue weighted by Crippen LogP contribution is -2.17. The minimum atomic E-state index is -4.42. The first-order valence-corrected chi connectivity index (χ1v) is 7.93. The highest BCUT2D eigenvalue weighted by Crippen LogP contribution is 2.30. The molecule has 0 aliphatic rings. The first-order valence-electron chi connectivity index (χ1n) is 5.65. The van der Waals surface area contributed by atoms with E-state index in [2.05, 4.69) is 20.7 Å². The molecule has 21 heavy (non-hydrogen) atoms. The van der Waals surface area contributed by atoms with Gasteiger partial charge in [-0.05, 0) is 30.3 Å². The quantitative estimate of drug-likeness (QED) is 0.886. The number of halogens is 3. The Morgan fingerprint density at radius 3 is 2.33 bits per heavy atom. The van der Waals surface area contributed by atoms with Gasteiger partial charge in [0, 0.05) is 4.47 Å². The summed E-state index contributed by atoms with van der Waals surface area (Å²) in [5.74, 6) is -2.12. The summed E-state index contributed by atoms with van der Waals surface area (Å²) in [6.07, 6.45) is 0. The lowest BCUT2D eigenvalue weighted by molar-refractivity contribution is 0.416. The van der Waals surface area contributed by atoms with E-state index in [-0.39, 0.29) is 11.4 Å². The second-order valence-electron chi connectivity index (χ2n) is 4.00. The number of hydrogen-bond donors (Lipinski definition) is 1. The van der Waals surface area contributed by atoms with Crippen LogP contribution in [0.1, 0.15) is 0 Å². The van der Waals surface area contributed by atoms with Gasteiger partial charge in [-0.25, -0.2) is 17.2 Å². The number of benzene rings is 2. The Kier molecular flexibility index (Phi) is 4.48. The Bertz CT molecular complexity index is 761. The predicted molar refractivity (Wildman–Crippen MR) is 77.9 cm³/mol. The maximum atomic E-state index is 13.6. The largest absolute Gasteiger partial charge is 0.495 e. The average molecular weight is 378 g/mol. The Morgan fingerprint density at radius 1 is 1.14 bits per heavy atom. The number of ether oxygens (including phenoxy) is 1. The van der Waals surface area contributed by atoms with Crippen LogP contribution in [0, 0.1) is 11.6 Å². The molecular weight excluding hydrogens is 368 g/mol. The van der Waals surface area contributed by atoms with Crippen LogP contribution >= 0.6 is 15.9 Å². The van der Waals surface area contributed by atoms with Gasteiger partial charge in [-0.15, -0.1) is 0 Å². The van der Waals surface area contributed by atoms with Gasteiger partial charge in [0.05, 0.1) is 12.8 Å². The van der Waals surface area contributed by atoms with Crippen LogP contribution in [0.2, 0.25) is 0 Å². The zero-order valence-electron chi connectivity index (χ0n) is 10.7. The van der Waals surface area contributed by atoms with E-state index >= 15 is 0 Å². The highest BCUT2D eigenvalue weighted by molar-refractivity contribution is 9.10. The van der Waals surface area contributed by atoms with Crippen LogP contribution in [0.5, 0.6) is 5.75 Å². The molecule has 0 heterocycles. The van der Waals surface area contributed by atoms with E-state index in [0.29, 0.717) is 4.47 Å². The molecule has 112 valence electrons. The average Bonchev–Trinajstić information content (AvgIpc) is 2.37. The second-order valence-corrected chi connectivity index (χ2v) is 6.54. The van der Waals surface area contributed by atoms with Gasteiger partial charge in [0.25, 0.3) is 10.0 Å². The van der Waals surface area contributed by atoms with Gasteiger partial charge < -0.3 is 4.74 Å².